The lowest BCUT2D eigenvalue weighted by Crippen LogP contribution is -2.61. The molecule has 0 saturated heterocycles. The van der Waals surface area contributed by atoms with Crippen molar-refractivity contribution >= 4 is 21.6 Å². The molecule has 2 aromatic carbocycles. The molecule has 0 atom stereocenters. The summed E-state index contributed by atoms with van der Waals surface area (Å²) in [5, 5.41) is 3.26. The van der Waals surface area contributed by atoms with Crippen molar-refractivity contribution in [3.8, 4) is 0 Å². The van der Waals surface area contributed by atoms with Crippen LogP contribution in [0.2, 0.25) is 0 Å². The van der Waals surface area contributed by atoms with Crippen LogP contribution in [0.25, 0.3) is 0 Å². The van der Waals surface area contributed by atoms with Gasteiger partial charge in [-0.25, -0.2) is 12.8 Å². The molecule has 0 aromatic heterocycles. The highest BCUT2D eigenvalue weighted by molar-refractivity contribution is 7.92. The van der Waals surface area contributed by atoms with Gasteiger partial charge in [0.1, 0.15) is 12.4 Å². The van der Waals surface area contributed by atoms with E-state index in [1.54, 1.807) is 12.1 Å². The van der Waals surface area contributed by atoms with Crippen LogP contribution in [-0.4, -0.2) is 26.4 Å². The molecule has 32 heavy (non-hydrogen) atoms. The summed E-state index contributed by atoms with van der Waals surface area (Å²) < 4.78 is 41.4. The fourth-order valence-electron chi connectivity index (χ4n) is 6.49. The SMILES string of the molecule is Cc1ccc(N(CC(=O)NC23CC4CC(CC(C4)C2)C3)S(=O)(=O)c2ccc(F)cc2)cc1. The first-order chi connectivity index (χ1) is 15.2. The van der Waals surface area contributed by atoms with E-state index in [2.05, 4.69) is 5.32 Å². The molecule has 1 amide bonds. The number of hydrogen-bond donors (Lipinski definition) is 1. The number of rotatable bonds is 6. The largest absolute Gasteiger partial charge is 0.349 e. The first-order valence-electron chi connectivity index (χ1n) is 11.4. The van der Waals surface area contributed by atoms with Gasteiger partial charge in [0.05, 0.1) is 10.6 Å². The summed E-state index contributed by atoms with van der Waals surface area (Å²) >= 11 is 0. The van der Waals surface area contributed by atoms with E-state index >= 15 is 0 Å². The summed E-state index contributed by atoms with van der Waals surface area (Å²) in [6, 6.07) is 11.8. The second-order valence-corrected chi connectivity index (χ2v) is 11.9. The normalized spacial score (nSPS) is 28.5. The number of aryl methyl sites for hydroxylation is 1. The Morgan fingerprint density at radius 1 is 0.969 bits per heavy atom. The van der Waals surface area contributed by atoms with E-state index in [1.807, 2.05) is 19.1 Å². The Morgan fingerprint density at radius 2 is 1.50 bits per heavy atom. The molecule has 4 aliphatic carbocycles. The lowest BCUT2D eigenvalue weighted by molar-refractivity contribution is -0.125. The number of benzene rings is 2. The second kappa shape index (κ2) is 7.87. The number of amides is 1. The van der Waals surface area contributed by atoms with Crippen molar-refractivity contribution < 1.29 is 17.6 Å². The zero-order valence-electron chi connectivity index (χ0n) is 18.3. The Bertz CT molecular complexity index is 1080. The monoisotopic (exact) mass is 456 g/mol. The van der Waals surface area contributed by atoms with Gasteiger partial charge < -0.3 is 5.32 Å². The third-order valence-corrected chi connectivity index (χ3v) is 9.24. The molecular weight excluding hydrogens is 427 g/mol. The number of carbonyl (C=O) groups is 1. The first-order valence-corrected chi connectivity index (χ1v) is 12.8. The third-order valence-electron chi connectivity index (χ3n) is 7.45. The van der Waals surface area contributed by atoms with Crippen LogP contribution in [0.5, 0.6) is 0 Å². The minimum atomic E-state index is -4.04. The summed E-state index contributed by atoms with van der Waals surface area (Å²) in [7, 11) is -4.04. The molecule has 2 aromatic rings. The van der Waals surface area contributed by atoms with Gasteiger partial charge in [-0.1, -0.05) is 17.7 Å². The van der Waals surface area contributed by atoms with Gasteiger partial charge in [-0.2, -0.15) is 0 Å². The Labute approximate surface area is 189 Å². The fraction of sp³-hybridized carbons (Fsp3) is 0.480. The number of carbonyl (C=O) groups excluding carboxylic acids is 1. The van der Waals surface area contributed by atoms with Gasteiger partial charge >= 0.3 is 0 Å². The van der Waals surface area contributed by atoms with Gasteiger partial charge in [0.2, 0.25) is 5.91 Å². The van der Waals surface area contributed by atoms with E-state index in [0.717, 1.165) is 41.3 Å². The van der Waals surface area contributed by atoms with Crippen LogP contribution in [0.15, 0.2) is 53.4 Å². The summed E-state index contributed by atoms with van der Waals surface area (Å²) in [6.45, 7) is 1.62. The van der Waals surface area contributed by atoms with Gasteiger partial charge in [0.25, 0.3) is 10.0 Å². The van der Waals surface area contributed by atoms with Crippen molar-refractivity contribution in [3.63, 3.8) is 0 Å². The average molecular weight is 457 g/mol. The molecule has 4 bridgehead atoms. The molecular formula is C25H29FN2O3S. The van der Waals surface area contributed by atoms with Crippen molar-refractivity contribution in [1.82, 2.24) is 5.32 Å². The minimum absolute atomic E-state index is 0.0397. The van der Waals surface area contributed by atoms with E-state index in [4.69, 9.17) is 0 Å². The molecule has 1 N–H and O–H groups in total. The maximum absolute atomic E-state index is 13.5. The molecule has 4 fully saturated rings. The van der Waals surface area contributed by atoms with Crippen LogP contribution in [0.3, 0.4) is 0 Å². The Balaban J connectivity index is 1.41. The lowest BCUT2D eigenvalue weighted by Gasteiger charge is -2.57. The molecule has 5 nitrogen and oxygen atoms in total. The van der Waals surface area contributed by atoms with E-state index in [1.165, 1.54) is 31.4 Å². The highest BCUT2D eigenvalue weighted by atomic mass is 32.2. The van der Waals surface area contributed by atoms with Crippen LogP contribution < -0.4 is 9.62 Å². The summed E-state index contributed by atoms with van der Waals surface area (Å²) in [5.74, 6) is 1.25. The van der Waals surface area contributed by atoms with Crippen LogP contribution in [0.1, 0.15) is 44.1 Å². The molecule has 0 heterocycles. The molecule has 6 rings (SSSR count). The van der Waals surface area contributed by atoms with E-state index in [0.29, 0.717) is 23.4 Å². The van der Waals surface area contributed by atoms with Crippen molar-refractivity contribution in [2.24, 2.45) is 17.8 Å². The minimum Gasteiger partial charge on any atom is -0.349 e. The summed E-state index contributed by atoms with van der Waals surface area (Å²) in [5.41, 5.74) is 1.22. The molecule has 0 aliphatic heterocycles. The number of hydrogen-bond acceptors (Lipinski definition) is 3. The average Bonchev–Trinajstić information content (AvgIpc) is 2.72. The number of nitrogens with one attached hydrogen (secondary N) is 1. The molecule has 0 spiro atoms. The number of sulfonamides is 1. The van der Waals surface area contributed by atoms with Crippen LogP contribution in [0.4, 0.5) is 10.1 Å². The van der Waals surface area contributed by atoms with Gasteiger partial charge in [-0.15, -0.1) is 0 Å². The molecule has 4 aliphatic rings. The molecule has 0 radical (unpaired) electrons. The zero-order valence-corrected chi connectivity index (χ0v) is 19.1. The van der Waals surface area contributed by atoms with E-state index in [-0.39, 0.29) is 22.9 Å². The standard InChI is InChI=1S/C25H29FN2O3S/c1-17-2-6-22(7-3-17)28(32(30,31)23-8-4-21(26)5-9-23)16-24(29)27-25-13-18-10-19(14-25)12-20(11-18)15-25/h2-9,18-20H,10-16H2,1H3,(H,27,29). The van der Waals surface area contributed by atoms with Crippen molar-refractivity contribution in [3.05, 3.63) is 59.9 Å². The predicted octanol–water partition coefficient (Wildman–Crippen LogP) is 4.41. The quantitative estimate of drug-likeness (QED) is 0.700. The van der Waals surface area contributed by atoms with E-state index < -0.39 is 15.8 Å². The third kappa shape index (κ3) is 4.03. The van der Waals surface area contributed by atoms with Crippen LogP contribution in [0, 0.1) is 30.5 Å². The number of anilines is 1. The Hall–Kier alpha value is -2.41. The van der Waals surface area contributed by atoms with Crippen LogP contribution in [-0.2, 0) is 14.8 Å². The predicted molar refractivity (Wildman–Crippen MR) is 121 cm³/mol. The Kier molecular flexibility index (Phi) is 5.27. The van der Waals surface area contributed by atoms with Crippen LogP contribution >= 0.6 is 0 Å². The number of nitrogens with zero attached hydrogens (tertiary/aromatic N) is 1. The lowest BCUT2D eigenvalue weighted by atomic mass is 9.53. The van der Waals surface area contributed by atoms with Crippen molar-refractivity contribution in [2.45, 2.75) is 55.9 Å². The van der Waals surface area contributed by atoms with Gasteiger partial charge in [-0.05, 0) is 99.6 Å². The van der Waals surface area contributed by atoms with Crippen molar-refractivity contribution in [2.75, 3.05) is 10.8 Å². The van der Waals surface area contributed by atoms with Gasteiger partial charge in [0.15, 0.2) is 0 Å². The zero-order chi connectivity index (χ0) is 22.5. The molecule has 0 unspecified atom stereocenters. The smallest absolute Gasteiger partial charge is 0.264 e. The fourth-order valence-corrected chi connectivity index (χ4v) is 7.91. The van der Waals surface area contributed by atoms with Gasteiger partial charge in [0, 0.05) is 5.54 Å². The summed E-state index contributed by atoms with van der Waals surface area (Å²) in [6.07, 6.45) is 6.80. The summed E-state index contributed by atoms with van der Waals surface area (Å²) in [4.78, 5) is 13.2. The number of halogens is 1. The first kappa shape index (κ1) is 21.4. The van der Waals surface area contributed by atoms with Crippen molar-refractivity contribution in [1.29, 1.82) is 0 Å². The molecule has 4 saturated carbocycles. The topological polar surface area (TPSA) is 66.5 Å². The van der Waals surface area contributed by atoms with Gasteiger partial charge in [-0.3, -0.25) is 9.10 Å². The Morgan fingerprint density at radius 3 is 2.03 bits per heavy atom. The molecule has 170 valence electrons. The highest BCUT2D eigenvalue weighted by Gasteiger charge is 2.51. The maximum atomic E-state index is 13.5. The highest BCUT2D eigenvalue weighted by Crippen LogP contribution is 2.55. The second-order valence-electron chi connectivity index (χ2n) is 10.0. The maximum Gasteiger partial charge on any atom is 0.264 e. The van der Waals surface area contributed by atoms with E-state index in [9.17, 15) is 17.6 Å². The molecule has 7 heteroatoms.